The SMILES string of the molecule is CCOc1cccc(CNCc2ccc(N3CCC[C@H](C(N)=O)C3)cc2)c1. The van der Waals surface area contributed by atoms with Gasteiger partial charge in [0.25, 0.3) is 0 Å². The molecule has 1 atom stereocenters. The number of carbonyl (C=O) groups is 1. The van der Waals surface area contributed by atoms with Crippen LogP contribution in [0.4, 0.5) is 5.69 Å². The van der Waals surface area contributed by atoms with E-state index in [4.69, 9.17) is 10.5 Å². The first-order chi connectivity index (χ1) is 13.2. The zero-order valence-corrected chi connectivity index (χ0v) is 16.0. The Balaban J connectivity index is 1.50. The molecule has 1 saturated heterocycles. The van der Waals surface area contributed by atoms with Gasteiger partial charge in [-0.15, -0.1) is 0 Å². The Hall–Kier alpha value is -2.53. The highest BCUT2D eigenvalue weighted by molar-refractivity contribution is 5.77. The minimum absolute atomic E-state index is 0.0347. The van der Waals surface area contributed by atoms with Crippen LogP contribution >= 0.6 is 0 Å². The lowest BCUT2D eigenvalue weighted by Gasteiger charge is -2.33. The lowest BCUT2D eigenvalue weighted by Crippen LogP contribution is -2.41. The number of nitrogens with two attached hydrogens (primary N) is 1. The number of rotatable bonds is 8. The van der Waals surface area contributed by atoms with Crippen LogP contribution in [0.1, 0.15) is 30.9 Å². The number of nitrogens with zero attached hydrogens (tertiary/aromatic N) is 1. The summed E-state index contributed by atoms with van der Waals surface area (Å²) in [6.45, 7) is 5.99. The van der Waals surface area contributed by atoms with E-state index in [1.54, 1.807) is 0 Å². The van der Waals surface area contributed by atoms with Gasteiger partial charge in [-0.05, 0) is 55.2 Å². The third kappa shape index (κ3) is 5.47. The predicted molar refractivity (Wildman–Crippen MR) is 109 cm³/mol. The van der Waals surface area contributed by atoms with Crippen LogP contribution < -0.4 is 20.7 Å². The zero-order chi connectivity index (χ0) is 19.1. The van der Waals surface area contributed by atoms with E-state index in [9.17, 15) is 4.79 Å². The molecule has 1 heterocycles. The van der Waals surface area contributed by atoms with Crippen molar-refractivity contribution in [2.75, 3.05) is 24.6 Å². The minimum Gasteiger partial charge on any atom is -0.494 e. The van der Waals surface area contributed by atoms with Crippen LogP contribution in [0.25, 0.3) is 0 Å². The number of carbonyl (C=O) groups excluding carboxylic acids is 1. The highest BCUT2D eigenvalue weighted by Gasteiger charge is 2.23. The average molecular weight is 367 g/mol. The van der Waals surface area contributed by atoms with E-state index in [1.165, 1.54) is 11.1 Å². The van der Waals surface area contributed by atoms with Gasteiger partial charge in [0.05, 0.1) is 12.5 Å². The van der Waals surface area contributed by atoms with Gasteiger partial charge in [0.1, 0.15) is 5.75 Å². The van der Waals surface area contributed by atoms with Crippen molar-refractivity contribution in [1.29, 1.82) is 0 Å². The molecule has 2 aromatic carbocycles. The topological polar surface area (TPSA) is 67.6 Å². The van der Waals surface area contributed by atoms with E-state index in [0.29, 0.717) is 6.61 Å². The standard InChI is InChI=1S/C22H29N3O2/c1-2-27-21-7-3-5-18(13-21)15-24-14-17-8-10-20(11-9-17)25-12-4-6-19(16-25)22(23)26/h3,5,7-11,13,19,24H,2,4,6,12,14-16H2,1H3,(H2,23,26)/t19-/m0/s1. The van der Waals surface area contributed by atoms with E-state index in [2.05, 4.69) is 46.6 Å². The predicted octanol–water partition coefficient (Wildman–Crippen LogP) is 3.08. The van der Waals surface area contributed by atoms with Crippen molar-refractivity contribution in [2.45, 2.75) is 32.9 Å². The molecule has 3 rings (SSSR count). The summed E-state index contributed by atoms with van der Waals surface area (Å²) in [6.07, 6.45) is 1.91. The van der Waals surface area contributed by atoms with E-state index in [0.717, 1.165) is 50.5 Å². The maximum absolute atomic E-state index is 11.5. The fourth-order valence-corrected chi connectivity index (χ4v) is 3.53. The van der Waals surface area contributed by atoms with Gasteiger partial charge in [0.15, 0.2) is 0 Å². The number of anilines is 1. The molecular formula is C22H29N3O2. The normalized spacial score (nSPS) is 16.9. The zero-order valence-electron chi connectivity index (χ0n) is 16.0. The van der Waals surface area contributed by atoms with Crippen LogP contribution in [0.5, 0.6) is 5.75 Å². The summed E-state index contributed by atoms with van der Waals surface area (Å²) in [5.41, 5.74) is 9.09. The molecule has 1 amide bonds. The number of hydrogen-bond acceptors (Lipinski definition) is 4. The summed E-state index contributed by atoms with van der Waals surface area (Å²) in [4.78, 5) is 13.7. The fraction of sp³-hybridized carbons (Fsp3) is 0.409. The second-order valence-corrected chi connectivity index (χ2v) is 7.04. The van der Waals surface area contributed by atoms with Crippen LogP contribution in [-0.2, 0) is 17.9 Å². The van der Waals surface area contributed by atoms with Crippen LogP contribution in [0.2, 0.25) is 0 Å². The Morgan fingerprint density at radius 1 is 1.19 bits per heavy atom. The lowest BCUT2D eigenvalue weighted by molar-refractivity contribution is -0.122. The summed E-state index contributed by atoms with van der Waals surface area (Å²) in [5, 5.41) is 3.48. The van der Waals surface area contributed by atoms with Crippen molar-refractivity contribution >= 4 is 11.6 Å². The maximum atomic E-state index is 11.5. The minimum atomic E-state index is -0.186. The molecule has 2 aromatic rings. The first kappa shape index (κ1) is 19.2. The molecule has 0 bridgehead atoms. The molecule has 144 valence electrons. The molecule has 5 heteroatoms. The van der Waals surface area contributed by atoms with Crippen molar-refractivity contribution in [3.05, 3.63) is 59.7 Å². The third-order valence-electron chi connectivity index (χ3n) is 4.99. The summed E-state index contributed by atoms with van der Waals surface area (Å²) in [7, 11) is 0. The molecule has 3 N–H and O–H groups in total. The molecule has 1 aliphatic heterocycles. The third-order valence-corrected chi connectivity index (χ3v) is 4.99. The van der Waals surface area contributed by atoms with Gasteiger partial charge in [0, 0.05) is 31.9 Å². The van der Waals surface area contributed by atoms with Gasteiger partial charge >= 0.3 is 0 Å². The molecule has 1 aliphatic rings. The summed E-state index contributed by atoms with van der Waals surface area (Å²) >= 11 is 0. The summed E-state index contributed by atoms with van der Waals surface area (Å²) in [5.74, 6) is 0.693. The number of hydrogen-bond donors (Lipinski definition) is 2. The van der Waals surface area contributed by atoms with Crippen molar-refractivity contribution in [2.24, 2.45) is 11.7 Å². The number of amides is 1. The number of primary amides is 1. The molecule has 0 radical (unpaired) electrons. The number of nitrogens with one attached hydrogen (secondary N) is 1. The van der Waals surface area contributed by atoms with E-state index < -0.39 is 0 Å². The molecule has 0 unspecified atom stereocenters. The Morgan fingerprint density at radius 2 is 1.96 bits per heavy atom. The van der Waals surface area contributed by atoms with Crippen LogP contribution in [0, 0.1) is 5.92 Å². The Labute approximate surface area is 161 Å². The quantitative estimate of drug-likeness (QED) is 0.752. The average Bonchev–Trinajstić information content (AvgIpc) is 2.69. The Morgan fingerprint density at radius 3 is 2.70 bits per heavy atom. The summed E-state index contributed by atoms with van der Waals surface area (Å²) in [6, 6.07) is 16.7. The van der Waals surface area contributed by atoms with Gasteiger partial charge in [0.2, 0.25) is 5.91 Å². The van der Waals surface area contributed by atoms with Crippen molar-refractivity contribution in [3.8, 4) is 5.75 Å². The first-order valence-electron chi connectivity index (χ1n) is 9.71. The molecule has 1 fully saturated rings. The molecule has 0 aromatic heterocycles. The van der Waals surface area contributed by atoms with Gasteiger partial charge in [-0.2, -0.15) is 0 Å². The van der Waals surface area contributed by atoms with Gasteiger partial charge in [-0.1, -0.05) is 24.3 Å². The second-order valence-electron chi connectivity index (χ2n) is 7.04. The van der Waals surface area contributed by atoms with E-state index in [-0.39, 0.29) is 11.8 Å². The first-order valence-corrected chi connectivity index (χ1v) is 9.71. The van der Waals surface area contributed by atoms with Crippen LogP contribution in [-0.4, -0.2) is 25.6 Å². The molecule has 27 heavy (non-hydrogen) atoms. The van der Waals surface area contributed by atoms with E-state index >= 15 is 0 Å². The largest absolute Gasteiger partial charge is 0.494 e. The lowest BCUT2D eigenvalue weighted by atomic mass is 9.97. The Bertz CT molecular complexity index is 745. The molecule has 0 saturated carbocycles. The number of piperidine rings is 1. The molecule has 5 nitrogen and oxygen atoms in total. The highest BCUT2D eigenvalue weighted by atomic mass is 16.5. The monoisotopic (exact) mass is 367 g/mol. The second kappa shape index (κ2) is 9.42. The van der Waals surface area contributed by atoms with Crippen LogP contribution in [0.3, 0.4) is 0 Å². The molecule has 0 spiro atoms. The van der Waals surface area contributed by atoms with Gasteiger partial charge in [-0.3, -0.25) is 4.79 Å². The maximum Gasteiger partial charge on any atom is 0.222 e. The smallest absolute Gasteiger partial charge is 0.222 e. The highest BCUT2D eigenvalue weighted by Crippen LogP contribution is 2.23. The van der Waals surface area contributed by atoms with Crippen LogP contribution in [0.15, 0.2) is 48.5 Å². The Kier molecular flexibility index (Phi) is 6.71. The molecule has 0 aliphatic carbocycles. The van der Waals surface area contributed by atoms with Gasteiger partial charge < -0.3 is 20.7 Å². The molecular weight excluding hydrogens is 338 g/mol. The fourth-order valence-electron chi connectivity index (χ4n) is 3.53. The van der Waals surface area contributed by atoms with Crippen molar-refractivity contribution in [1.82, 2.24) is 5.32 Å². The number of ether oxygens (including phenoxy) is 1. The van der Waals surface area contributed by atoms with Gasteiger partial charge in [-0.25, -0.2) is 0 Å². The van der Waals surface area contributed by atoms with Crippen molar-refractivity contribution < 1.29 is 9.53 Å². The number of benzene rings is 2. The summed E-state index contributed by atoms with van der Waals surface area (Å²) < 4.78 is 5.54. The van der Waals surface area contributed by atoms with Crippen molar-refractivity contribution in [3.63, 3.8) is 0 Å². The van der Waals surface area contributed by atoms with E-state index in [1.807, 2.05) is 19.1 Å².